The molecule has 4 aromatic rings. The lowest BCUT2D eigenvalue weighted by Crippen LogP contribution is -2.36. The molecule has 5 heteroatoms. The average molecular weight is 415 g/mol. The van der Waals surface area contributed by atoms with E-state index < -0.39 is 0 Å². The van der Waals surface area contributed by atoms with Crippen LogP contribution in [0, 0.1) is 13.8 Å². The first-order valence-electron chi connectivity index (χ1n) is 10.2. The molecule has 152 valence electrons. The van der Waals surface area contributed by atoms with E-state index in [0.717, 1.165) is 24.3 Å². The molecule has 0 amide bonds. The van der Waals surface area contributed by atoms with Crippen LogP contribution in [0.3, 0.4) is 0 Å². The predicted molar refractivity (Wildman–Crippen MR) is 129 cm³/mol. The molecule has 0 saturated heterocycles. The summed E-state index contributed by atoms with van der Waals surface area (Å²) in [6.07, 6.45) is 2.73. The number of nitrogens with zero attached hydrogens (tertiary/aromatic N) is 2. The molecular formula is C25H26N4S. The van der Waals surface area contributed by atoms with Gasteiger partial charge in [-0.1, -0.05) is 35.9 Å². The van der Waals surface area contributed by atoms with Crippen molar-refractivity contribution in [3.8, 4) is 0 Å². The Morgan fingerprint density at radius 1 is 1.03 bits per heavy atom. The number of anilines is 1. The highest BCUT2D eigenvalue weighted by molar-refractivity contribution is 7.80. The first-order chi connectivity index (χ1) is 14.6. The second-order valence-corrected chi connectivity index (χ2v) is 7.95. The molecule has 0 aliphatic heterocycles. The minimum Gasteiger partial charge on any atom is -0.358 e. The van der Waals surface area contributed by atoms with Gasteiger partial charge in [0.15, 0.2) is 5.11 Å². The second kappa shape index (κ2) is 9.09. The summed E-state index contributed by atoms with van der Waals surface area (Å²) in [5.74, 6) is 0. The summed E-state index contributed by atoms with van der Waals surface area (Å²) in [6.45, 7) is 5.75. The largest absolute Gasteiger partial charge is 0.358 e. The molecule has 4 rings (SSSR count). The number of aromatic nitrogens is 2. The molecule has 0 radical (unpaired) electrons. The molecular weight excluding hydrogens is 388 g/mol. The fourth-order valence-electron chi connectivity index (χ4n) is 3.73. The van der Waals surface area contributed by atoms with Crippen LogP contribution in [0.15, 0.2) is 72.9 Å². The number of nitrogens with one attached hydrogen (secondary N) is 2. The van der Waals surface area contributed by atoms with Crippen molar-refractivity contribution >= 4 is 33.9 Å². The third-order valence-electron chi connectivity index (χ3n) is 5.30. The Morgan fingerprint density at radius 3 is 2.60 bits per heavy atom. The van der Waals surface area contributed by atoms with Crippen molar-refractivity contribution in [1.29, 1.82) is 0 Å². The van der Waals surface area contributed by atoms with E-state index in [9.17, 15) is 0 Å². The maximum atomic E-state index is 5.78. The fraction of sp³-hybridized carbons (Fsp3) is 0.200. The number of hydrogen-bond donors (Lipinski definition) is 2. The van der Waals surface area contributed by atoms with Crippen LogP contribution in [-0.2, 0) is 13.0 Å². The SMILES string of the molecule is Cc1ccc2[nH]c(C)c(CCN(Cc3ccccn3)C(=S)Nc3ccccc3)c2c1. The van der Waals surface area contributed by atoms with E-state index in [-0.39, 0.29) is 0 Å². The van der Waals surface area contributed by atoms with Gasteiger partial charge in [-0.05, 0) is 74.4 Å². The zero-order chi connectivity index (χ0) is 20.9. The van der Waals surface area contributed by atoms with Gasteiger partial charge in [0.1, 0.15) is 0 Å². The number of thiocarbonyl (C=S) groups is 1. The van der Waals surface area contributed by atoms with Crippen LogP contribution < -0.4 is 5.32 Å². The number of aromatic amines is 1. The molecule has 0 unspecified atom stereocenters. The van der Waals surface area contributed by atoms with E-state index in [4.69, 9.17) is 12.2 Å². The number of hydrogen-bond acceptors (Lipinski definition) is 2. The van der Waals surface area contributed by atoms with E-state index in [1.165, 1.54) is 27.7 Å². The van der Waals surface area contributed by atoms with Gasteiger partial charge in [-0.25, -0.2) is 0 Å². The van der Waals surface area contributed by atoms with Crippen molar-refractivity contribution < 1.29 is 0 Å². The standard InChI is InChI=1S/C25H26N4S/c1-18-11-12-24-23(16-18)22(19(2)27-24)13-15-29(17-21-10-6-7-14-26-21)25(30)28-20-8-4-3-5-9-20/h3-12,14,16,27H,13,15,17H2,1-2H3,(H,28,30). The fourth-order valence-corrected chi connectivity index (χ4v) is 4.00. The lowest BCUT2D eigenvalue weighted by atomic mass is 10.1. The molecule has 2 heterocycles. The van der Waals surface area contributed by atoms with Gasteiger partial charge in [0.05, 0.1) is 12.2 Å². The highest BCUT2D eigenvalue weighted by atomic mass is 32.1. The van der Waals surface area contributed by atoms with Gasteiger partial charge in [0, 0.05) is 35.0 Å². The maximum Gasteiger partial charge on any atom is 0.173 e. The van der Waals surface area contributed by atoms with Crippen LogP contribution in [-0.4, -0.2) is 26.5 Å². The summed E-state index contributed by atoms with van der Waals surface area (Å²) < 4.78 is 0. The third kappa shape index (κ3) is 4.69. The number of H-pyrrole nitrogens is 1. The van der Waals surface area contributed by atoms with Crippen molar-refractivity contribution in [2.75, 3.05) is 11.9 Å². The first-order valence-corrected chi connectivity index (χ1v) is 10.6. The van der Waals surface area contributed by atoms with Crippen LogP contribution in [0.5, 0.6) is 0 Å². The van der Waals surface area contributed by atoms with Crippen LogP contribution >= 0.6 is 12.2 Å². The Morgan fingerprint density at radius 2 is 1.83 bits per heavy atom. The Balaban J connectivity index is 1.56. The van der Waals surface area contributed by atoms with Gasteiger partial charge in [-0.15, -0.1) is 0 Å². The Bertz CT molecular complexity index is 1140. The summed E-state index contributed by atoms with van der Waals surface area (Å²) in [4.78, 5) is 10.2. The summed E-state index contributed by atoms with van der Waals surface area (Å²) in [5, 5.41) is 5.38. The quantitative estimate of drug-likeness (QED) is 0.402. The monoisotopic (exact) mass is 414 g/mol. The molecule has 2 aromatic carbocycles. The van der Waals surface area contributed by atoms with Crippen molar-refractivity contribution in [3.63, 3.8) is 0 Å². The average Bonchev–Trinajstić information content (AvgIpc) is 3.07. The summed E-state index contributed by atoms with van der Waals surface area (Å²) in [5.41, 5.74) is 7.02. The molecule has 0 aliphatic rings. The van der Waals surface area contributed by atoms with Crippen LogP contribution in [0.4, 0.5) is 5.69 Å². The number of fused-ring (bicyclic) bond motifs is 1. The highest BCUT2D eigenvalue weighted by Crippen LogP contribution is 2.24. The van der Waals surface area contributed by atoms with Gasteiger partial charge in [0.2, 0.25) is 0 Å². The molecule has 0 saturated carbocycles. The van der Waals surface area contributed by atoms with Crippen molar-refractivity contribution in [2.24, 2.45) is 0 Å². The van der Waals surface area contributed by atoms with E-state index in [1.807, 2.05) is 54.7 Å². The van der Waals surface area contributed by atoms with Crippen LogP contribution in [0.25, 0.3) is 10.9 Å². The molecule has 2 aromatic heterocycles. The van der Waals surface area contributed by atoms with E-state index in [2.05, 4.69) is 52.2 Å². The molecule has 0 aliphatic carbocycles. The second-order valence-electron chi connectivity index (χ2n) is 7.57. The van der Waals surface area contributed by atoms with Gasteiger partial charge in [0.25, 0.3) is 0 Å². The summed E-state index contributed by atoms with van der Waals surface area (Å²) >= 11 is 5.78. The minimum atomic E-state index is 0.667. The molecule has 0 fully saturated rings. The minimum absolute atomic E-state index is 0.667. The number of para-hydroxylation sites is 1. The lowest BCUT2D eigenvalue weighted by molar-refractivity contribution is 0.417. The molecule has 30 heavy (non-hydrogen) atoms. The van der Waals surface area contributed by atoms with Gasteiger partial charge < -0.3 is 15.2 Å². The van der Waals surface area contributed by atoms with Crippen LogP contribution in [0.1, 0.15) is 22.5 Å². The van der Waals surface area contributed by atoms with Crippen molar-refractivity contribution in [2.45, 2.75) is 26.8 Å². The Kier molecular flexibility index (Phi) is 6.10. The van der Waals surface area contributed by atoms with Crippen molar-refractivity contribution in [3.05, 3.63) is 95.4 Å². The zero-order valence-corrected chi connectivity index (χ0v) is 18.2. The molecule has 0 bridgehead atoms. The number of aryl methyl sites for hydroxylation is 2. The van der Waals surface area contributed by atoms with Crippen LogP contribution in [0.2, 0.25) is 0 Å². The van der Waals surface area contributed by atoms with E-state index in [1.54, 1.807) is 0 Å². The normalized spacial score (nSPS) is 10.9. The molecule has 0 spiro atoms. The third-order valence-corrected chi connectivity index (χ3v) is 5.66. The van der Waals surface area contributed by atoms with Gasteiger partial charge in [-0.3, -0.25) is 4.98 Å². The van der Waals surface area contributed by atoms with Gasteiger partial charge in [-0.2, -0.15) is 0 Å². The lowest BCUT2D eigenvalue weighted by Gasteiger charge is -2.26. The number of benzene rings is 2. The maximum absolute atomic E-state index is 5.78. The molecule has 4 nitrogen and oxygen atoms in total. The Labute approximate surface area is 183 Å². The number of pyridine rings is 1. The molecule has 0 atom stereocenters. The van der Waals surface area contributed by atoms with E-state index in [0.29, 0.717) is 11.7 Å². The topological polar surface area (TPSA) is 44.0 Å². The predicted octanol–water partition coefficient (Wildman–Crippen LogP) is 5.62. The molecule has 2 N–H and O–H groups in total. The van der Waals surface area contributed by atoms with E-state index >= 15 is 0 Å². The smallest absolute Gasteiger partial charge is 0.173 e. The Hall–Kier alpha value is -3.18. The first kappa shape index (κ1) is 20.1. The highest BCUT2D eigenvalue weighted by Gasteiger charge is 2.15. The zero-order valence-electron chi connectivity index (χ0n) is 17.4. The summed E-state index contributed by atoms with van der Waals surface area (Å²) in [6, 6.07) is 22.6. The van der Waals surface area contributed by atoms with Crippen molar-refractivity contribution in [1.82, 2.24) is 14.9 Å². The summed E-state index contributed by atoms with van der Waals surface area (Å²) in [7, 11) is 0. The number of rotatable bonds is 6. The van der Waals surface area contributed by atoms with Gasteiger partial charge >= 0.3 is 0 Å².